The summed E-state index contributed by atoms with van der Waals surface area (Å²) in [4.78, 5) is 14.4. The van der Waals surface area contributed by atoms with Gasteiger partial charge in [-0.2, -0.15) is 0 Å². The zero-order valence-electron chi connectivity index (χ0n) is 11.7. The molecule has 1 unspecified atom stereocenters. The van der Waals surface area contributed by atoms with Crippen LogP contribution in [0.15, 0.2) is 29.2 Å². The van der Waals surface area contributed by atoms with Crippen molar-refractivity contribution in [3.8, 4) is 0 Å². The van der Waals surface area contributed by atoms with Gasteiger partial charge in [0.25, 0.3) is 0 Å². The fourth-order valence-corrected chi connectivity index (χ4v) is 4.62. The predicted molar refractivity (Wildman–Crippen MR) is 76.2 cm³/mol. The van der Waals surface area contributed by atoms with Crippen LogP contribution in [0, 0.1) is 11.7 Å². The average Bonchev–Trinajstić information content (AvgIpc) is 2.48. The second-order valence-electron chi connectivity index (χ2n) is 5.79. The number of hydrogen-bond acceptors (Lipinski definition) is 4. The first-order chi connectivity index (χ1) is 9.97. The minimum absolute atomic E-state index is 0.0712. The van der Waals surface area contributed by atoms with E-state index in [1.807, 2.05) is 0 Å². The van der Waals surface area contributed by atoms with Crippen molar-refractivity contribution < 1.29 is 17.6 Å². The number of rotatable bonds is 4. The molecule has 3 aliphatic heterocycles. The lowest BCUT2D eigenvalue weighted by atomic mass is 9.81. The van der Waals surface area contributed by atoms with E-state index in [4.69, 9.17) is 0 Å². The second kappa shape index (κ2) is 5.50. The van der Waals surface area contributed by atoms with Crippen molar-refractivity contribution in [1.82, 2.24) is 4.90 Å². The minimum atomic E-state index is -3.46. The van der Waals surface area contributed by atoms with Crippen LogP contribution in [-0.2, 0) is 14.6 Å². The van der Waals surface area contributed by atoms with E-state index in [0.717, 1.165) is 38.1 Å². The summed E-state index contributed by atoms with van der Waals surface area (Å²) in [7, 11) is -3.46. The second-order valence-corrected chi connectivity index (χ2v) is 7.90. The number of carbonyl (C=O) groups is 1. The molecule has 3 saturated heterocycles. The summed E-state index contributed by atoms with van der Waals surface area (Å²) >= 11 is 0. The topological polar surface area (TPSA) is 54.5 Å². The van der Waals surface area contributed by atoms with E-state index in [2.05, 4.69) is 4.90 Å². The third-order valence-electron chi connectivity index (χ3n) is 4.53. The summed E-state index contributed by atoms with van der Waals surface area (Å²) in [5.74, 6) is -0.215. The van der Waals surface area contributed by atoms with Gasteiger partial charge in [0, 0.05) is 5.92 Å². The first kappa shape index (κ1) is 14.7. The maximum atomic E-state index is 12.9. The van der Waals surface area contributed by atoms with Crippen LogP contribution in [-0.4, -0.2) is 44.0 Å². The summed E-state index contributed by atoms with van der Waals surface area (Å²) in [6.45, 7) is 1.77. The number of benzene rings is 1. The van der Waals surface area contributed by atoms with Gasteiger partial charge in [-0.25, -0.2) is 12.8 Å². The summed E-state index contributed by atoms with van der Waals surface area (Å²) in [5, 5.41) is 0. The zero-order valence-corrected chi connectivity index (χ0v) is 12.5. The molecule has 0 spiro atoms. The Hall–Kier alpha value is -1.27. The van der Waals surface area contributed by atoms with Gasteiger partial charge in [0.1, 0.15) is 5.82 Å². The molecule has 3 heterocycles. The molecule has 2 bridgehead atoms. The minimum Gasteiger partial charge on any atom is -0.298 e. The number of ketones is 1. The molecule has 0 saturated carbocycles. The maximum Gasteiger partial charge on any atom is 0.178 e. The lowest BCUT2D eigenvalue weighted by Gasteiger charge is -2.44. The van der Waals surface area contributed by atoms with Crippen LogP contribution < -0.4 is 0 Å². The SMILES string of the molecule is O=C1C2CCN(CC2)C1CCS(=O)(=O)c1ccc(F)cc1. The van der Waals surface area contributed by atoms with Gasteiger partial charge in [0.2, 0.25) is 0 Å². The molecule has 1 aromatic carbocycles. The van der Waals surface area contributed by atoms with Crippen molar-refractivity contribution in [2.24, 2.45) is 5.92 Å². The first-order valence-electron chi connectivity index (χ1n) is 7.23. The van der Waals surface area contributed by atoms with Crippen LogP contribution in [0.25, 0.3) is 0 Å². The van der Waals surface area contributed by atoms with E-state index in [9.17, 15) is 17.6 Å². The first-order valence-corrected chi connectivity index (χ1v) is 8.89. The molecule has 0 amide bonds. The molecule has 4 nitrogen and oxygen atoms in total. The number of Topliss-reactive ketones (excluding diaryl/α,β-unsaturated/α-hetero) is 1. The Morgan fingerprint density at radius 3 is 2.33 bits per heavy atom. The van der Waals surface area contributed by atoms with Crippen molar-refractivity contribution in [3.63, 3.8) is 0 Å². The molecule has 114 valence electrons. The lowest BCUT2D eigenvalue weighted by molar-refractivity contribution is -0.136. The smallest absolute Gasteiger partial charge is 0.178 e. The molecule has 0 radical (unpaired) electrons. The number of hydrogen-bond donors (Lipinski definition) is 0. The fourth-order valence-electron chi connectivity index (χ4n) is 3.30. The number of piperidine rings is 3. The highest BCUT2D eigenvalue weighted by molar-refractivity contribution is 7.91. The van der Waals surface area contributed by atoms with E-state index < -0.39 is 15.7 Å². The van der Waals surface area contributed by atoms with Crippen molar-refractivity contribution in [1.29, 1.82) is 0 Å². The van der Waals surface area contributed by atoms with E-state index in [-0.39, 0.29) is 28.4 Å². The molecule has 4 rings (SSSR count). The number of halogens is 1. The number of carbonyl (C=O) groups excluding carboxylic acids is 1. The van der Waals surface area contributed by atoms with Gasteiger partial charge in [-0.05, 0) is 56.6 Å². The highest BCUT2D eigenvalue weighted by Gasteiger charge is 2.41. The number of sulfone groups is 1. The molecule has 1 aromatic rings. The van der Waals surface area contributed by atoms with Crippen LogP contribution in [0.2, 0.25) is 0 Å². The number of fused-ring (bicyclic) bond motifs is 3. The quantitative estimate of drug-likeness (QED) is 0.794. The van der Waals surface area contributed by atoms with Gasteiger partial charge in [-0.15, -0.1) is 0 Å². The Morgan fingerprint density at radius 2 is 1.76 bits per heavy atom. The van der Waals surface area contributed by atoms with Crippen molar-refractivity contribution in [2.75, 3.05) is 18.8 Å². The largest absolute Gasteiger partial charge is 0.298 e. The van der Waals surface area contributed by atoms with Crippen molar-refractivity contribution in [3.05, 3.63) is 30.1 Å². The van der Waals surface area contributed by atoms with Crippen molar-refractivity contribution in [2.45, 2.75) is 30.2 Å². The van der Waals surface area contributed by atoms with E-state index in [1.165, 1.54) is 12.1 Å². The standard InChI is InChI=1S/C15H18FNO3S/c16-12-1-3-13(4-2-12)21(19,20)10-7-14-15(18)11-5-8-17(14)9-6-11/h1-4,11,14H,5-10H2. The highest BCUT2D eigenvalue weighted by atomic mass is 32.2. The Balaban J connectivity index is 1.69. The van der Waals surface area contributed by atoms with Gasteiger partial charge in [0.05, 0.1) is 16.7 Å². The molecule has 21 heavy (non-hydrogen) atoms. The Labute approximate surface area is 123 Å². The van der Waals surface area contributed by atoms with Gasteiger partial charge >= 0.3 is 0 Å². The molecule has 1 atom stereocenters. The maximum absolute atomic E-state index is 12.9. The highest BCUT2D eigenvalue weighted by Crippen LogP contribution is 2.31. The fraction of sp³-hybridized carbons (Fsp3) is 0.533. The molecule has 0 aliphatic carbocycles. The zero-order chi connectivity index (χ0) is 15.0. The number of nitrogens with zero attached hydrogens (tertiary/aromatic N) is 1. The molecule has 3 fully saturated rings. The van der Waals surface area contributed by atoms with Gasteiger partial charge < -0.3 is 0 Å². The Kier molecular flexibility index (Phi) is 3.84. The summed E-state index contributed by atoms with van der Waals surface area (Å²) in [5.41, 5.74) is 0. The van der Waals surface area contributed by atoms with E-state index in [0.29, 0.717) is 6.42 Å². The van der Waals surface area contributed by atoms with Crippen LogP contribution in [0.1, 0.15) is 19.3 Å². The van der Waals surface area contributed by atoms with Crippen LogP contribution in [0.5, 0.6) is 0 Å². The molecule has 3 aliphatic rings. The summed E-state index contributed by atoms with van der Waals surface area (Å²) in [6.07, 6.45) is 2.13. The Morgan fingerprint density at radius 1 is 1.14 bits per heavy atom. The molecular formula is C15H18FNO3S. The molecule has 0 N–H and O–H groups in total. The van der Waals surface area contributed by atoms with Crippen molar-refractivity contribution >= 4 is 15.6 Å². The van der Waals surface area contributed by atoms with E-state index in [1.54, 1.807) is 0 Å². The van der Waals surface area contributed by atoms with E-state index >= 15 is 0 Å². The third kappa shape index (κ3) is 2.87. The van der Waals surface area contributed by atoms with Crippen LogP contribution >= 0.6 is 0 Å². The third-order valence-corrected chi connectivity index (χ3v) is 6.30. The normalized spacial score (nSPS) is 28.8. The van der Waals surface area contributed by atoms with Gasteiger partial charge in [-0.1, -0.05) is 0 Å². The molecule has 0 aromatic heterocycles. The lowest BCUT2D eigenvalue weighted by Crippen LogP contribution is -2.55. The van der Waals surface area contributed by atoms with Gasteiger partial charge in [0.15, 0.2) is 15.6 Å². The Bertz CT molecular complexity index is 633. The molecule has 6 heteroatoms. The summed E-state index contributed by atoms with van der Waals surface area (Å²) < 4.78 is 37.4. The predicted octanol–water partition coefficient (Wildman–Crippen LogP) is 1.65. The van der Waals surface area contributed by atoms with Crippen LogP contribution in [0.3, 0.4) is 0 Å². The van der Waals surface area contributed by atoms with Gasteiger partial charge in [-0.3, -0.25) is 9.69 Å². The van der Waals surface area contributed by atoms with Crippen LogP contribution in [0.4, 0.5) is 4.39 Å². The average molecular weight is 311 g/mol. The monoisotopic (exact) mass is 311 g/mol. The summed E-state index contributed by atoms with van der Waals surface area (Å²) in [6, 6.07) is 4.58. The molecular weight excluding hydrogens is 293 g/mol.